The molecule has 3 rings (SSSR count). The van der Waals surface area contributed by atoms with E-state index in [9.17, 15) is 24.5 Å². The number of hydrogen-bond donors (Lipinski definition) is 1. The van der Waals surface area contributed by atoms with Crippen LogP contribution < -0.4 is 15.7 Å². The first kappa shape index (κ1) is 21.5. The van der Waals surface area contributed by atoms with E-state index in [4.69, 9.17) is 9.15 Å². The molecule has 160 valence electrons. The molecule has 0 atom stereocenters. The number of nitro groups is 1. The fourth-order valence-corrected chi connectivity index (χ4v) is 3.05. The summed E-state index contributed by atoms with van der Waals surface area (Å²) in [4.78, 5) is 47.3. The molecule has 1 heterocycles. The van der Waals surface area contributed by atoms with E-state index >= 15 is 0 Å². The number of fused-ring (bicyclic) bond motifs is 1. The van der Waals surface area contributed by atoms with Crippen molar-refractivity contribution in [2.45, 2.75) is 13.3 Å². The molecule has 2 amide bonds. The number of nitrogens with one attached hydrogen (secondary N) is 1. The lowest BCUT2D eigenvalue weighted by molar-refractivity contribution is -0.384. The fraction of sp³-hybridized carbons (Fsp3) is 0.190. The molecule has 1 N–H and O–H groups in total. The first-order chi connectivity index (χ1) is 14.7. The second-order valence-electron chi connectivity index (χ2n) is 6.97. The quantitative estimate of drug-likeness (QED) is 0.277. The van der Waals surface area contributed by atoms with Crippen molar-refractivity contribution in [3.63, 3.8) is 0 Å². The largest absolute Gasteiger partial charge is 0.422 e. The van der Waals surface area contributed by atoms with Gasteiger partial charge in [-0.2, -0.15) is 0 Å². The zero-order valence-electron chi connectivity index (χ0n) is 17.0. The summed E-state index contributed by atoms with van der Waals surface area (Å²) in [6.45, 7) is 1.71. The first-order valence-corrected chi connectivity index (χ1v) is 9.14. The van der Waals surface area contributed by atoms with Gasteiger partial charge < -0.3 is 19.4 Å². The molecule has 0 fully saturated rings. The van der Waals surface area contributed by atoms with Crippen molar-refractivity contribution in [1.82, 2.24) is 4.90 Å². The number of anilines is 1. The molecule has 0 bridgehead atoms. The van der Waals surface area contributed by atoms with Gasteiger partial charge >= 0.3 is 11.7 Å². The van der Waals surface area contributed by atoms with Crippen LogP contribution in [-0.2, 0) is 11.2 Å². The van der Waals surface area contributed by atoms with Gasteiger partial charge in [-0.3, -0.25) is 14.9 Å². The van der Waals surface area contributed by atoms with Crippen molar-refractivity contribution in [3.05, 3.63) is 73.6 Å². The highest BCUT2D eigenvalue weighted by molar-refractivity contribution is 5.91. The summed E-state index contributed by atoms with van der Waals surface area (Å²) < 4.78 is 10.7. The van der Waals surface area contributed by atoms with E-state index in [0.29, 0.717) is 28.5 Å². The molecule has 0 spiro atoms. The Kier molecular flexibility index (Phi) is 6.00. The van der Waals surface area contributed by atoms with E-state index in [2.05, 4.69) is 5.32 Å². The van der Waals surface area contributed by atoms with Gasteiger partial charge in [-0.25, -0.2) is 9.59 Å². The van der Waals surface area contributed by atoms with Gasteiger partial charge in [0.05, 0.1) is 10.6 Å². The van der Waals surface area contributed by atoms with Crippen molar-refractivity contribution < 1.29 is 23.7 Å². The molecule has 0 radical (unpaired) electrons. The van der Waals surface area contributed by atoms with Gasteiger partial charge in [-0.05, 0) is 24.1 Å². The summed E-state index contributed by atoms with van der Waals surface area (Å²) in [5.41, 5.74) is 1.17. The lowest BCUT2D eigenvalue weighted by Gasteiger charge is -2.15. The highest BCUT2D eigenvalue weighted by Crippen LogP contribution is 2.33. The molecule has 0 aliphatic rings. The SMILES string of the molecule is Cc1c(Cc2cccc([N+](=O)[O-])c2)c(=O)oc2cc(OC(=O)N(C)C)c(NC=O)cc12. The average molecular weight is 425 g/mol. The summed E-state index contributed by atoms with van der Waals surface area (Å²) in [6.07, 6.45) is -0.110. The number of carbonyl (C=O) groups excluding carboxylic acids is 2. The number of benzene rings is 2. The molecule has 0 aliphatic heterocycles. The van der Waals surface area contributed by atoms with Crippen LogP contribution in [0.1, 0.15) is 16.7 Å². The normalized spacial score (nSPS) is 10.5. The third-order valence-corrected chi connectivity index (χ3v) is 4.67. The fourth-order valence-electron chi connectivity index (χ4n) is 3.05. The molecule has 0 saturated heterocycles. The molecular formula is C21H19N3O7. The number of carbonyl (C=O) groups is 2. The Morgan fingerprint density at radius 1 is 1.29 bits per heavy atom. The van der Waals surface area contributed by atoms with Crippen molar-refractivity contribution in [2.75, 3.05) is 19.4 Å². The lowest BCUT2D eigenvalue weighted by Crippen LogP contribution is -2.25. The zero-order chi connectivity index (χ0) is 22.7. The van der Waals surface area contributed by atoms with Crippen molar-refractivity contribution in [1.29, 1.82) is 0 Å². The van der Waals surface area contributed by atoms with Crippen molar-refractivity contribution in [2.24, 2.45) is 0 Å². The molecule has 0 unspecified atom stereocenters. The number of ether oxygens (including phenoxy) is 1. The highest BCUT2D eigenvalue weighted by atomic mass is 16.6. The molecule has 1 aromatic heterocycles. The minimum absolute atomic E-state index is 0.0206. The summed E-state index contributed by atoms with van der Waals surface area (Å²) >= 11 is 0. The maximum absolute atomic E-state index is 12.6. The third-order valence-electron chi connectivity index (χ3n) is 4.67. The summed E-state index contributed by atoms with van der Waals surface area (Å²) in [7, 11) is 3.00. The van der Waals surface area contributed by atoms with Gasteiger partial charge in [0.25, 0.3) is 5.69 Å². The van der Waals surface area contributed by atoms with Crippen LogP contribution in [0.3, 0.4) is 0 Å². The van der Waals surface area contributed by atoms with Crippen LogP contribution >= 0.6 is 0 Å². The van der Waals surface area contributed by atoms with Crippen LogP contribution in [0.25, 0.3) is 11.0 Å². The second kappa shape index (κ2) is 8.66. The first-order valence-electron chi connectivity index (χ1n) is 9.14. The highest BCUT2D eigenvalue weighted by Gasteiger charge is 2.18. The predicted molar refractivity (Wildman–Crippen MR) is 113 cm³/mol. The van der Waals surface area contributed by atoms with Crippen LogP contribution in [0.2, 0.25) is 0 Å². The van der Waals surface area contributed by atoms with Crippen LogP contribution in [0.15, 0.2) is 45.6 Å². The number of hydrogen-bond acceptors (Lipinski definition) is 7. The topological polar surface area (TPSA) is 132 Å². The third kappa shape index (κ3) is 4.53. The summed E-state index contributed by atoms with van der Waals surface area (Å²) in [5, 5.41) is 14.0. The van der Waals surface area contributed by atoms with Crippen LogP contribution in [0.4, 0.5) is 16.2 Å². The Balaban J connectivity index is 2.10. The number of nitro benzene ring substituents is 1. The van der Waals surface area contributed by atoms with Crippen LogP contribution in [-0.4, -0.2) is 36.4 Å². The maximum atomic E-state index is 12.6. The van der Waals surface area contributed by atoms with Gasteiger partial charge in [0, 0.05) is 49.7 Å². The Morgan fingerprint density at radius 3 is 2.68 bits per heavy atom. The minimum Gasteiger partial charge on any atom is -0.422 e. The Hall–Kier alpha value is -4.21. The molecule has 10 heteroatoms. The number of rotatable bonds is 6. The monoisotopic (exact) mass is 425 g/mol. The van der Waals surface area contributed by atoms with Crippen molar-refractivity contribution in [3.8, 4) is 5.75 Å². The number of amides is 2. The van der Waals surface area contributed by atoms with Crippen LogP contribution in [0, 0.1) is 17.0 Å². The zero-order valence-corrected chi connectivity index (χ0v) is 17.0. The molecule has 10 nitrogen and oxygen atoms in total. The average Bonchev–Trinajstić information content (AvgIpc) is 2.72. The second-order valence-corrected chi connectivity index (χ2v) is 6.97. The maximum Gasteiger partial charge on any atom is 0.414 e. The van der Waals surface area contributed by atoms with Gasteiger partial charge in [-0.1, -0.05) is 12.1 Å². The Bertz CT molecular complexity index is 1250. The smallest absolute Gasteiger partial charge is 0.414 e. The summed E-state index contributed by atoms with van der Waals surface area (Å²) in [5.74, 6) is 0.0206. The minimum atomic E-state index is -0.672. The van der Waals surface area contributed by atoms with Gasteiger partial charge in [0.1, 0.15) is 5.58 Å². The molecular weight excluding hydrogens is 406 g/mol. The van der Waals surface area contributed by atoms with E-state index in [1.54, 1.807) is 19.1 Å². The van der Waals surface area contributed by atoms with Gasteiger partial charge in [0.2, 0.25) is 6.41 Å². The van der Waals surface area contributed by atoms with E-state index in [-0.39, 0.29) is 29.1 Å². The molecule has 0 aliphatic carbocycles. The number of non-ortho nitro benzene ring substituents is 1. The Labute approximate surface area is 176 Å². The van der Waals surface area contributed by atoms with E-state index < -0.39 is 16.6 Å². The van der Waals surface area contributed by atoms with E-state index in [1.807, 2.05) is 0 Å². The van der Waals surface area contributed by atoms with Crippen molar-refractivity contribution >= 4 is 34.8 Å². The number of nitrogens with zero attached hydrogens (tertiary/aromatic N) is 2. The molecule has 3 aromatic rings. The van der Waals surface area contributed by atoms with Gasteiger partial charge in [0.15, 0.2) is 5.75 Å². The standard InChI is InChI=1S/C21H19N3O7/c1-12-15-9-17(22-11-25)19(31-21(27)23(2)3)10-18(15)30-20(26)16(12)8-13-5-4-6-14(7-13)24(28)29/h4-7,9-11H,8H2,1-3H3,(H,22,25). The van der Waals surface area contributed by atoms with E-state index in [1.165, 1.54) is 43.3 Å². The predicted octanol–water partition coefficient (Wildman–Crippen LogP) is 3.23. The molecule has 31 heavy (non-hydrogen) atoms. The molecule has 0 saturated carbocycles. The van der Waals surface area contributed by atoms with Crippen LogP contribution in [0.5, 0.6) is 5.75 Å². The summed E-state index contributed by atoms with van der Waals surface area (Å²) in [6, 6.07) is 8.88. The number of aryl methyl sites for hydroxylation is 1. The lowest BCUT2D eigenvalue weighted by atomic mass is 9.99. The van der Waals surface area contributed by atoms with Gasteiger partial charge in [-0.15, -0.1) is 0 Å². The van der Waals surface area contributed by atoms with E-state index in [0.717, 1.165) is 0 Å². The molecule has 2 aromatic carbocycles. The Morgan fingerprint density at radius 2 is 2.03 bits per heavy atom.